The van der Waals surface area contributed by atoms with Crippen LogP contribution in [0.2, 0.25) is 0 Å². The zero-order valence-electron chi connectivity index (χ0n) is 28.1. The van der Waals surface area contributed by atoms with Gasteiger partial charge in [-0.15, -0.1) is 0 Å². The standard InChI is InChI=1S/C48H30N2O2/c1-3-11-31(12-4-1)49-39-23-19-29(27-37(39)45-41(49)25-21-35-33-15-7-9-17-43(33)51-47(35)45)30-20-24-40-38(28-30)46-42(50(40)32-13-5-2-6-14-32)26-22-36-34-16-8-10-18-44(34)52-48(36)46/h1-19,21-28,30H,20H2. The molecule has 0 aliphatic heterocycles. The van der Waals surface area contributed by atoms with Gasteiger partial charge in [0.1, 0.15) is 22.3 Å². The lowest BCUT2D eigenvalue weighted by Crippen LogP contribution is -2.31. The number of rotatable bonds is 3. The second kappa shape index (κ2) is 10.4. The van der Waals surface area contributed by atoms with Gasteiger partial charge in [0.25, 0.3) is 0 Å². The highest BCUT2D eigenvalue weighted by Gasteiger charge is 2.23. The van der Waals surface area contributed by atoms with Crippen LogP contribution in [0.4, 0.5) is 0 Å². The molecule has 4 heterocycles. The minimum Gasteiger partial charge on any atom is -0.455 e. The van der Waals surface area contributed by atoms with Crippen molar-refractivity contribution in [2.75, 3.05) is 0 Å². The number of hydrogen-bond donors (Lipinski definition) is 0. The molecule has 1 aliphatic carbocycles. The van der Waals surface area contributed by atoms with Gasteiger partial charge in [-0.2, -0.15) is 0 Å². The first-order valence-corrected chi connectivity index (χ1v) is 18.0. The monoisotopic (exact) mass is 666 g/mol. The third-order valence-corrected chi connectivity index (χ3v) is 11.2. The number of aromatic nitrogens is 2. The maximum atomic E-state index is 6.68. The molecule has 12 rings (SSSR count). The second-order valence-corrected chi connectivity index (χ2v) is 14.0. The van der Waals surface area contributed by atoms with Crippen LogP contribution in [0.5, 0.6) is 0 Å². The Balaban J connectivity index is 1.14. The molecule has 1 aliphatic rings. The van der Waals surface area contributed by atoms with Crippen LogP contribution in [0.15, 0.2) is 160 Å². The molecule has 244 valence electrons. The van der Waals surface area contributed by atoms with Crippen LogP contribution in [0.3, 0.4) is 0 Å². The maximum absolute atomic E-state index is 6.68. The highest BCUT2D eigenvalue weighted by atomic mass is 16.3. The molecule has 0 amide bonds. The predicted molar refractivity (Wildman–Crippen MR) is 214 cm³/mol. The predicted octanol–water partition coefficient (Wildman–Crippen LogP) is 11.3. The van der Waals surface area contributed by atoms with Gasteiger partial charge in [0.2, 0.25) is 0 Å². The maximum Gasteiger partial charge on any atom is 0.145 e. The molecule has 4 nitrogen and oxygen atoms in total. The Morgan fingerprint density at radius 3 is 1.69 bits per heavy atom. The zero-order chi connectivity index (χ0) is 33.9. The molecule has 0 saturated carbocycles. The smallest absolute Gasteiger partial charge is 0.145 e. The largest absolute Gasteiger partial charge is 0.455 e. The van der Waals surface area contributed by atoms with Crippen LogP contribution < -0.4 is 10.6 Å². The molecule has 52 heavy (non-hydrogen) atoms. The molecule has 0 spiro atoms. The molecule has 1 unspecified atom stereocenters. The Morgan fingerprint density at radius 1 is 0.462 bits per heavy atom. The van der Waals surface area contributed by atoms with Gasteiger partial charge in [-0.05, 0) is 84.8 Å². The van der Waals surface area contributed by atoms with Gasteiger partial charge in [0.05, 0.1) is 27.3 Å². The number of furan rings is 2. The van der Waals surface area contributed by atoms with Crippen molar-refractivity contribution < 1.29 is 8.83 Å². The van der Waals surface area contributed by atoms with Gasteiger partial charge in [-0.25, -0.2) is 0 Å². The van der Waals surface area contributed by atoms with Crippen molar-refractivity contribution in [1.82, 2.24) is 9.13 Å². The van der Waals surface area contributed by atoms with Crippen molar-refractivity contribution in [2.24, 2.45) is 0 Å². The molecule has 0 fully saturated rings. The van der Waals surface area contributed by atoms with Crippen molar-refractivity contribution in [3.63, 3.8) is 0 Å². The first-order chi connectivity index (χ1) is 25.8. The summed E-state index contributed by atoms with van der Waals surface area (Å²) in [5, 5.41) is 10.6. The van der Waals surface area contributed by atoms with E-state index in [0.29, 0.717) is 0 Å². The van der Waals surface area contributed by atoms with E-state index in [9.17, 15) is 0 Å². The molecule has 0 N–H and O–H groups in total. The SMILES string of the molecule is C1=c2c(n(-c3ccccc3)c3ccc4c5ccccc5oc4c23)=CCC1c1ccc2c(c1)c1c3oc4ccccc4c3ccc1n2-c1ccccc1. The van der Waals surface area contributed by atoms with Crippen LogP contribution in [-0.4, -0.2) is 9.13 Å². The summed E-state index contributed by atoms with van der Waals surface area (Å²) in [4.78, 5) is 0. The number of hydrogen-bond acceptors (Lipinski definition) is 2. The van der Waals surface area contributed by atoms with Crippen LogP contribution in [0.1, 0.15) is 17.9 Å². The number of para-hydroxylation sites is 4. The molecule has 11 aromatic rings. The first-order valence-electron chi connectivity index (χ1n) is 18.0. The fourth-order valence-corrected chi connectivity index (χ4v) is 8.96. The van der Waals surface area contributed by atoms with E-state index in [1.807, 2.05) is 12.1 Å². The summed E-state index contributed by atoms with van der Waals surface area (Å²) >= 11 is 0. The second-order valence-electron chi connectivity index (χ2n) is 14.0. The lowest BCUT2D eigenvalue weighted by molar-refractivity contribution is 0.672. The highest BCUT2D eigenvalue weighted by molar-refractivity contribution is 6.24. The Kier molecular flexibility index (Phi) is 5.58. The summed E-state index contributed by atoms with van der Waals surface area (Å²) in [6.45, 7) is 0. The Bertz CT molecular complexity index is 3380. The highest BCUT2D eigenvalue weighted by Crippen LogP contribution is 2.42. The molecule has 1 atom stereocenters. The number of benzene rings is 7. The lowest BCUT2D eigenvalue weighted by Gasteiger charge is -2.15. The van der Waals surface area contributed by atoms with Gasteiger partial charge in [0.15, 0.2) is 0 Å². The molecular formula is C48H30N2O2. The van der Waals surface area contributed by atoms with Crippen LogP contribution >= 0.6 is 0 Å². The lowest BCUT2D eigenvalue weighted by atomic mass is 9.90. The molecular weight excluding hydrogens is 637 g/mol. The van der Waals surface area contributed by atoms with E-state index in [0.717, 1.165) is 78.1 Å². The Morgan fingerprint density at radius 2 is 1.02 bits per heavy atom. The van der Waals surface area contributed by atoms with Gasteiger partial charge < -0.3 is 18.0 Å². The summed E-state index contributed by atoms with van der Waals surface area (Å²) in [6, 6.07) is 54.1. The van der Waals surface area contributed by atoms with E-state index in [4.69, 9.17) is 8.83 Å². The third-order valence-electron chi connectivity index (χ3n) is 11.2. The van der Waals surface area contributed by atoms with Gasteiger partial charge in [-0.1, -0.05) is 91.0 Å². The summed E-state index contributed by atoms with van der Waals surface area (Å²) in [6.07, 6.45) is 5.80. The zero-order valence-corrected chi connectivity index (χ0v) is 28.1. The summed E-state index contributed by atoms with van der Waals surface area (Å²) in [5.41, 5.74) is 10.8. The van der Waals surface area contributed by atoms with Crippen molar-refractivity contribution in [3.05, 3.63) is 168 Å². The quantitative estimate of drug-likeness (QED) is 0.188. The van der Waals surface area contributed by atoms with E-state index in [1.165, 1.54) is 32.4 Å². The molecule has 4 aromatic heterocycles. The molecule has 4 heteroatoms. The Labute approximate surface area is 297 Å². The van der Waals surface area contributed by atoms with Crippen LogP contribution in [0, 0.1) is 0 Å². The first kappa shape index (κ1) is 28.0. The summed E-state index contributed by atoms with van der Waals surface area (Å²) in [5.74, 6) is 0.177. The van der Waals surface area contributed by atoms with Crippen molar-refractivity contribution in [2.45, 2.75) is 12.3 Å². The number of fused-ring (bicyclic) bond motifs is 14. The van der Waals surface area contributed by atoms with Crippen molar-refractivity contribution in [1.29, 1.82) is 0 Å². The fraction of sp³-hybridized carbons (Fsp3) is 0.0417. The third kappa shape index (κ3) is 3.76. The van der Waals surface area contributed by atoms with E-state index in [2.05, 4.69) is 161 Å². The van der Waals surface area contributed by atoms with E-state index in [1.54, 1.807) is 0 Å². The molecule has 0 radical (unpaired) electrons. The molecule has 0 bridgehead atoms. The average molecular weight is 667 g/mol. The Hall–Kier alpha value is -6.78. The van der Waals surface area contributed by atoms with E-state index in [-0.39, 0.29) is 5.92 Å². The van der Waals surface area contributed by atoms with Crippen LogP contribution in [-0.2, 0) is 0 Å². The molecule has 0 saturated heterocycles. The van der Waals surface area contributed by atoms with Crippen molar-refractivity contribution in [3.8, 4) is 11.4 Å². The minimum absolute atomic E-state index is 0.177. The summed E-state index contributed by atoms with van der Waals surface area (Å²) in [7, 11) is 0. The van der Waals surface area contributed by atoms with Gasteiger partial charge in [0, 0.05) is 54.8 Å². The minimum atomic E-state index is 0.177. The molecule has 7 aromatic carbocycles. The summed E-state index contributed by atoms with van der Waals surface area (Å²) < 4.78 is 18.1. The van der Waals surface area contributed by atoms with E-state index >= 15 is 0 Å². The van der Waals surface area contributed by atoms with E-state index < -0.39 is 0 Å². The van der Waals surface area contributed by atoms with Crippen molar-refractivity contribution >= 4 is 88.7 Å². The van der Waals surface area contributed by atoms with Crippen LogP contribution in [0.25, 0.3) is 100 Å². The fourth-order valence-electron chi connectivity index (χ4n) is 8.96. The average Bonchev–Trinajstić information content (AvgIpc) is 3.95. The van der Waals surface area contributed by atoms with Gasteiger partial charge >= 0.3 is 0 Å². The number of nitrogens with zero attached hydrogens (tertiary/aromatic N) is 2. The normalized spacial score (nSPS) is 14.6. The topological polar surface area (TPSA) is 36.1 Å². The van der Waals surface area contributed by atoms with Gasteiger partial charge in [-0.3, -0.25) is 0 Å².